The fraction of sp³-hybridized carbons (Fsp3) is 0.231. The maximum Gasteiger partial charge on any atom is 0.241 e. The maximum absolute atomic E-state index is 11.7. The van der Waals surface area contributed by atoms with Crippen molar-refractivity contribution in [2.45, 2.75) is 19.4 Å². The SMILES string of the molecule is CC[C@H](N)C(=O)Nc1cccc2ccncc12. The van der Waals surface area contributed by atoms with E-state index in [2.05, 4.69) is 10.3 Å². The van der Waals surface area contributed by atoms with Crippen LogP contribution in [0, 0.1) is 0 Å². The first-order valence-corrected chi connectivity index (χ1v) is 5.61. The highest BCUT2D eigenvalue weighted by Crippen LogP contribution is 2.22. The summed E-state index contributed by atoms with van der Waals surface area (Å²) in [6, 6.07) is 7.17. The average Bonchev–Trinajstić information content (AvgIpc) is 2.38. The van der Waals surface area contributed by atoms with E-state index in [1.165, 1.54) is 0 Å². The highest BCUT2D eigenvalue weighted by Gasteiger charge is 2.12. The third-order valence-electron chi connectivity index (χ3n) is 2.72. The number of benzene rings is 1. The zero-order valence-corrected chi connectivity index (χ0v) is 9.68. The molecule has 2 rings (SSSR count). The van der Waals surface area contributed by atoms with E-state index in [9.17, 15) is 4.79 Å². The Kier molecular flexibility index (Phi) is 3.35. The number of hydrogen-bond acceptors (Lipinski definition) is 3. The van der Waals surface area contributed by atoms with Crippen molar-refractivity contribution in [1.82, 2.24) is 4.98 Å². The number of rotatable bonds is 3. The fourth-order valence-electron chi connectivity index (χ4n) is 1.63. The van der Waals surface area contributed by atoms with Crippen molar-refractivity contribution in [3.8, 4) is 0 Å². The van der Waals surface area contributed by atoms with Crippen molar-refractivity contribution in [2.24, 2.45) is 5.73 Å². The van der Waals surface area contributed by atoms with Gasteiger partial charge < -0.3 is 11.1 Å². The minimum atomic E-state index is -0.470. The van der Waals surface area contributed by atoms with Crippen LogP contribution in [0.4, 0.5) is 5.69 Å². The number of carbonyl (C=O) groups excluding carboxylic acids is 1. The second-order valence-electron chi connectivity index (χ2n) is 3.91. The predicted octanol–water partition coefficient (Wildman–Crippen LogP) is 1.91. The topological polar surface area (TPSA) is 68.0 Å². The summed E-state index contributed by atoms with van der Waals surface area (Å²) < 4.78 is 0. The molecule has 0 fully saturated rings. The molecule has 0 radical (unpaired) electrons. The molecule has 1 aromatic heterocycles. The zero-order chi connectivity index (χ0) is 12.3. The Morgan fingerprint density at radius 2 is 2.29 bits per heavy atom. The smallest absolute Gasteiger partial charge is 0.241 e. The van der Waals surface area contributed by atoms with Gasteiger partial charge in [-0.15, -0.1) is 0 Å². The van der Waals surface area contributed by atoms with E-state index in [-0.39, 0.29) is 5.91 Å². The Morgan fingerprint density at radius 3 is 3.06 bits per heavy atom. The van der Waals surface area contributed by atoms with Crippen molar-refractivity contribution in [1.29, 1.82) is 0 Å². The minimum Gasteiger partial charge on any atom is -0.324 e. The molecule has 4 heteroatoms. The molecule has 17 heavy (non-hydrogen) atoms. The molecule has 0 saturated carbocycles. The van der Waals surface area contributed by atoms with Crippen LogP contribution < -0.4 is 11.1 Å². The third-order valence-corrected chi connectivity index (χ3v) is 2.72. The molecule has 2 aromatic rings. The molecule has 88 valence electrons. The largest absolute Gasteiger partial charge is 0.324 e. The number of nitrogens with one attached hydrogen (secondary N) is 1. The molecule has 4 nitrogen and oxygen atoms in total. The van der Waals surface area contributed by atoms with E-state index in [1.54, 1.807) is 12.4 Å². The number of nitrogens with two attached hydrogens (primary N) is 1. The van der Waals surface area contributed by atoms with Gasteiger partial charge in [0.05, 0.1) is 11.7 Å². The van der Waals surface area contributed by atoms with E-state index in [1.807, 2.05) is 31.2 Å². The molecule has 1 amide bonds. The second-order valence-corrected chi connectivity index (χ2v) is 3.91. The van der Waals surface area contributed by atoms with Crippen molar-refractivity contribution in [3.05, 3.63) is 36.7 Å². The quantitative estimate of drug-likeness (QED) is 0.844. The number of aromatic nitrogens is 1. The van der Waals surface area contributed by atoms with Crippen LogP contribution in [0.2, 0.25) is 0 Å². The number of anilines is 1. The standard InChI is InChI=1S/C13H15N3O/c1-2-11(14)13(17)16-12-5-3-4-9-6-7-15-8-10(9)12/h3-8,11H,2,14H2,1H3,(H,16,17)/t11-/m0/s1. The molecule has 0 saturated heterocycles. The number of pyridine rings is 1. The Hall–Kier alpha value is -1.94. The summed E-state index contributed by atoms with van der Waals surface area (Å²) in [5, 5.41) is 4.80. The highest BCUT2D eigenvalue weighted by molar-refractivity contribution is 6.03. The van der Waals surface area contributed by atoms with Crippen molar-refractivity contribution in [3.63, 3.8) is 0 Å². The molecule has 0 unspecified atom stereocenters. The number of fused-ring (bicyclic) bond motifs is 1. The summed E-state index contributed by atoms with van der Waals surface area (Å²) in [7, 11) is 0. The lowest BCUT2D eigenvalue weighted by molar-refractivity contribution is -0.117. The molecule has 1 aromatic carbocycles. The number of amides is 1. The van der Waals surface area contributed by atoms with Gasteiger partial charge in [0.1, 0.15) is 0 Å². The minimum absolute atomic E-state index is 0.163. The highest BCUT2D eigenvalue weighted by atomic mass is 16.2. The summed E-state index contributed by atoms with van der Waals surface area (Å²) in [5.41, 5.74) is 6.43. The summed E-state index contributed by atoms with van der Waals surface area (Å²) in [5.74, 6) is -0.163. The first-order valence-electron chi connectivity index (χ1n) is 5.61. The number of carbonyl (C=O) groups is 1. The van der Waals surface area contributed by atoms with Gasteiger partial charge in [0.2, 0.25) is 5.91 Å². The summed E-state index contributed by atoms with van der Waals surface area (Å²) in [6.07, 6.45) is 4.09. The van der Waals surface area contributed by atoms with Crippen molar-refractivity contribution in [2.75, 3.05) is 5.32 Å². The van der Waals surface area contributed by atoms with Crippen LogP contribution in [0.25, 0.3) is 10.8 Å². The van der Waals surface area contributed by atoms with E-state index in [4.69, 9.17) is 5.73 Å². The third kappa shape index (κ3) is 2.42. The maximum atomic E-state index is 11.7. The van der Waals surface area contributed by atoms with Gasteiger partial charge in [0.15, 0.2) is 0 Å². The molecular formula is C13H15N3O. The van der Waals surface area contributed by atoms with Crippen LogP contribution in [-0.4, -0.2) is 16.9 Å². The van der Waals surface area contributed by atoms with Gasteiger partial charge in [0, 0.05) is 17.8 Å². The van der Waals surface area contributed by atoms with Gasteiger partial charge in [-0.05, 0) is 23.9 Å². The van der Waals surface area contributed by atoms with Crippen LogP contribution in [-0.2, 0) is 4.79 Å². The molecule has 0 spiro atoms. The lowest BCUT2D eigenvalue weighted by Gasteiger charge is -2.11. The zero-order valence-electron chi connectivity index (χ0n) is 9.68. The van der Waals surface area contributed by atoms with Crippen molar-refractivity contribution >= 4 is 22.4 Å². The predicted molar refractivity (Wildman–Crippen MR) is 68.6 cm³/mol. The van der Waals surface area contributed by atoms with E-state index >= 15 is 0 Å². The number of hydrogen-bond donors (Lipinski definition) is 2. The van der Waals surface area contributed by atoms with Crippen molar-refractivity contribution < 1.29 is 4.79 Å². The average molecular weight is 229 g/mol. The van der Waals surface area contributed by atoms with E-state index in [0.717, 1.165) is 16.5 Å². The summed E-state index contributed by atoms with van der Waals surface area (Å²) in [6.45, 7) is 1.88. The molecule has 1 heterocycles. The second kappa shape index (κ2) is 4.93. The van der Waals surface area contributed by atoms with Gasteiger partial charge in [-0.2, -0.15) is 0 Å². The van der Waals surface area contributed by atoms with Gasteiger partial charge in [-0.1, -0.05) is 19.1 Å². The van der Waals surface area contributed by atoms with E-state index < -0.39 is 6.04 Å². The van der Waals surface area contributed by atoms with E-state index in [0.29, 0.717) is 6.42 Å². The van der Waals surface area contributed by atoms with Gasteiger partial charge in [-0.25, -0.2) is 0 Å². The molecule has 1 atom stereocenters. The Balaban J connectivity index is 2.33. The van der Waals surface area contributed by atoms with Crippen LogP contribution in [0.5, 0.6) is 0 Å². The fourth-order valence-corrected chi connectivity index (χ4v) is 1.63. The molecule has 0 aliphatic carbocycles. The Bertz CT molecular complexity index is 534. The van der Waals surface area contributed by atoms with Crippen LogP contribution in [0.3, 0.4) is 0 Å². The van der Waals surface area contributed by atoms with Crippen LogP contribution >= 0.6 is 0 Å². The first kappa shape index (κ1) is 11.5. The molecular weight excluding hydrogens is 214 g/mol. The molecule has 0 aliphatic heterocycles. The Morgan fingerprint density at radius 1 is 1.47 bits per heavy atom. The summed E-state index contributed by atoms with van der Waals surface area (Å²) >= 11 is 0. The first-order chi connectivity index (χ1) is 8.22. The molecule has 0 bridgehead atoms. The molecule has 0 aliphatic rings. The number of nitrogens with zero attached hydrogens (tertiary/aromatic N) is 1. The molecule has 3 N–H and O–H groups in total. The monoisotopic (exact) mass is 229 g/mol. The summed E-state index contributed by atoms with van der Waals surface area (Å²) in [4.78, 5) is 15.8. The van der Waals surface area contributed by atoms with Gasteiger partial charge >= 0.3 is 0 Å². The normalized spacial score (nSPS) is 12.4. The van der Waals surface area contributed by atoms with Crippen LogP contribution in [0.1, 0.15) is 13.3 Å². The van der Waals surface area contributed by atoms with Gasteiger partial charge in [-0.3, -0.25) is 9.78 Å². The van der Waals surface area contributed by atoms with Crippen LogP contribution in [0.15, 0.2) is 36.7 Å². The lowest BCUT2D eigenvalue weighted by atomic mass is 10.1. The lowest BCUT2D eigenvalue weighted by Crippen LogP contribution is -2.34. The van der Waals surface area contributed by atoms with Gasteiger partial charge in [0.25, 0.3) is 0 Å². The Labute approximate surface area is 99.8 Å².